The van der Waals surface area contributed by atoms with Crippen LogP contribution in [-0.2, 0) is 0 Å². The number of aliphatic hydroxyl groups is 3. The average molecular weight is 471 g/mol. The molecule has 3 heterocycles. The number of pyridine rings is 1. The summed E-state index contributed by atoms with van der Waals surface area (Å²) in [7, 11) is 0. The SMILES string of the molecule is Cc1nc(NC2CC2)nc(N[C@@H]2CC(CO)[C@@H](O)[C@H]2O)c1-c1nc2c(C(C)C)nccc2s1. The first-order chi connectivity index (χ1) is 15.9. The zero-order valence-electron chi connectivity index (χ0n) is 19.0. The van der Waals surface area contributed by atoms with Crippen molar-refractivity contribution in [1.82, 2.24) is 19.9 Å². The lowest BCUT2D eigenvalue weighted by Gasteiger charge is -2.21. The summed E-state index contributed by atoms with van der Waals surface area (Å²) in [5, 5.41) is 37.9. The van der Waals surface area contributed by atoms with Crippen molar-refractivity contribution < 1.29 is 15.3 Å². The molecule has 10 heteroatoms. The highest BCUT2D eigenvalue weighted by molar-refractivity contribution is 7.21. The Balaban J connectivity index is 1.58. The van der Waals surface area contributed by atoms with Gasteiger partial charge in [-0.05, 0) is 38.2 Å². The van der Waals surface area contributed by atoms with Gasteiger partial charge in [0.2, 0.25) is 5.95 Å². The molecule has 3 aromatic heterocycles. The number of anilines is 2. The lowest BCUT2D eigenvalue weighted by molar-refractivity contribution is 0.00446. The van der Waals surface area contributed by atoms with Gasteiger partial charge in [0.25, 0.3) is 0 Å². The van der Waals surface area contributed by atoms with E-state index in [4.69, 9.17) is 15.0 Å². The zero-order chi connectivity index (χ0) is 23.3. The van der Waals surface area contributed by atoms with Crippen molar-refractivity contribution in [3.05, 3.63) is 23.7 Å². The molecule has 2 fully saturated rings. The maximum absolute atomic E-state index is 10.6. The lowest BCUT2D eigenvalue weighted by atomic mass is 10.1. The predicted octanol–water partition coefficient (Wildman–Crippen LogP) is 2.67. The van der Waals surface area contributed by atoms with Crippen LogP contribution in [0.3, 0.4) is 0 Å². The van der Waals surface area contributed by atoms with Crippen molar-refractivity contribution in [3.8, 4) is 10.6 Å². The first-order valence-corrected chi connectivity index (χ1v) is 12.3. The maximum atomic E-state index is 10.6. The molecule has 2 saturated carbocycles. The number of nitrogens with one attached hydrogen (secondary N) is 2. The van der Waals surface area contributed by atoms with Gasteiger partial charge < -0.3 is 26.0 Å². The highest BCUT2D eigenvalue weighted by atomic mass is 32.1. The van der Waals surface area contributed by atoms with Crippen molar-refractivity contribution in [3.63, 3.8) is 0 Å². The van der Waals surface area contributed by atoms with Crippen LogP contribution in [-0.4, -0.2) is 66.2 Å². The fraction of sp³-hybridized carbons (Fsp3) is 0.565. The molecule has 5 N–H and O–H groups in total. The van der Waals surface area contributed by atoms with Gasteiger partial charge >= 0.3 is 0 Å². The minimum absolute atomic E-state index is 0.177. The fourth-order valence-corrected chi connectivity index (χ4v) is 5.50. The van der Waals surface area contributed by atoms with Crippen LogP contribution in [0.15, 0.2) is 12.3 Å². The molecule has 0 aromatic carbocycles. The summed E-state index contributed by atoms with van der Waals surface area (Å²) in [4.78, 5) is 18.9. The number of nitrogens with zero attached hydrogens (tertiary/aromatic N) is 4. The second-order valence-corrected chi connectivity index (χ2v) is 10.4. The molecule has 176 valence electrons. The standard InChI is InChI=1S/C23H30N6O3S/c1-10(2)17-18-15(6-7-24-17)33-22(28-18)16-11(3)25-23(26-13-4-5-13)29-21(16)27-14-8-12(9-30)19(31)20(14)32/h6-7,10,12-14,19-20,30-32H,4-5,8-9H2,1-3H3,(H2,25,26,27,29)/t12?,14-,19-,20+/m1/s1. The third-order valence-electron chi connectivity index (χ3n) is 6.46. The number of hydrogen-bond donors (Lipinski definition) is 5. The molecule has 5 rings (SSSR count). The summed E-state index contributed by atoms with van der Waals surface area (Å²) in [5.41, 5.74) is 3.40. The Bertz CT molecular complexity index is 1160. The molecule has 4 atom stereocenters. The molecule has 0 bridgehead atoms. The van der Waals surface area contributed by atoms with Crippen molar-refractivity contribution in [2.75, 3.05) is 17.2 Å². The number of thiazole rings is 1. The first-order valence-electron chi connectivity index (χ1n) is 11.5. The maximum Gasteiger partial charge on any atom is 0.225 e. The summed E-state index contributed by atoms with van der Waals surface area (Å²) in [6.07, 6.45) is 2.47. The van der Waals surface area contributed by atoms with E-state index in [0.717, 1.165) is 45.0 Å². The van der Waals surface area contributed by atoms with Crippen LogP contribution >= 0.6 is 11.3 Å². The molecule has 0 amide bonds. The third kappa shape index (κ3) is 4.28. The van der Waals surface area contributed by atoms with E-state index in [-0.39, 0.29) is 18.4 Å². The van der Waals surface area contributed by atoms with Gasteiger partial charge in [-0.15, -0.1) is 11.3 Å². The van der Waals surface area contributed by atoms with E-state index in [1.807, 2.05) is 19.2 Å². The quantitative estimate of drug-likeness (QED) is 0.353. The normalized spacial score (nSPS) is 25.2. The molecule has 0 saturated heterocycles. The Labute approximate surface area is 196 Å². The molecule has 2 aliphatic rings. The molecule has 9 nitrogen and oxygen atoms in total. The molecule has 3 aromatic rings. The Kier molecular flexibility index (Phi) is 5.94. The van der Waals surface area contributed by atoms with Gasteiger partial charge in [-0.1, -0.05) is 13.8 Å². The van der Waals surface area contributed by atoms with E-state index in [0.29, 0.717) is 24.2 Å². The van der Waals surface area contributed by atoms with Crippen LogP contribution in [0, 0.1) is 12.8 Å². The summed E-state index contributed by atoms with van der Waals surface area (Å²) >= 11 is 1.56. The highest BCUT2D eigenvalue weighted by Gasteiger charge is 2.41. The van der Waals surface area contributed by atoms with Crippen LogP contribution in [0.1, 0.15) is 50.4 Å². The minimum atomic E-state index is -1.00. The average Bonchev–Trinajstić information content (AvgIpc) is 3.42. The van der Waals surface area contributed by atoms with Gasteiger partial charge in [0, 0.05) is 24.8 Å². The van der Waals surface area contributed by atoms with Gasteiger partial charge in [0.15, 0.2) is 0 Å². The van der Waals surface area contributed by atoms with E-state index in [1.54, 1.807) is 11.3 Å². The lowest BCUT2D eigenvalue weighted by Crippen LogP contribution is -2.35. The van der Waals surface area contributed by atoms with E-state index in [9.17, 15) is 15.3 Å². The molecule has 2 aliphatic carbocycles. The second-order valence-electron chi connectivity index (χ2n) is 9.40. The minimum Gasteiger partial charge on any atom is -0.396 e. The number of fused-ring (bicyclic) bond motifs is 1. The number of aromatic nitrogens is 4. The fourth-order valence-electron chi connectivity index (χ4n) is 4.44. The molecule has 0 spiro atoms. The summed E-state index contributed by atoms with van der Waals surface area (Å²) in [6, 6.07) is 1.92. The van der Waals surface area contributed by atoms with Crippen molar-refractivity contribution in [2.45, 2.75) is 70.2 Å². The summed E-state index contributed by atoms with van der Waals surface area (Å²) in [6.45, 7) is 5.96. The smallest absolute Gasteiger partial charge is 0.225 e. The van der Waals surface area contributed by atoms with Crippen LogP contribution in [0.5, 0.6) is 0 Å². The number of hydrogen-bond acceptors (Lipinski definition) is 10. The van der Waals surface area contributed by atoms with Gasteiger partial charge in [-0.25, -0.2) is 9.97 Å². The summed E-state index contributed by atoms with van der Waals surface area (Å²) < 4.78 is 1.05. The molecular weight excluding hydrogens is 440 g/mol. The van der Waals surface area contributed by atoms with Crippen LogP contribution in [0.4, 0.5) is 11.8 Å². The topological polar surface area (TPSA) is 136 Å². The largest absolute Gasteiger partial charge is 0.396 e. The monoisotopic (exact) mass is 470 g/mol. The molecule has 0 aliphatic heterocycles. The van der Waals surface area contributed by atoms with E-state index >= 15 is 0 Å². The molecule has 1 unspecified atom stereocenters. The number of aryl methyl sites for hydroxylation is 1. The van der Waals surface area contributed by atoms with Crippen LogP contribution in [0.2, 0.25) is 0 Å². The van der Waals surface area contributed by atoms with Gasteiger partial charge in [0.05, 0.1) is 33.8 Å². The molecule has 0 radical (unpaired) electrons. The van der Waals surface area contributed by atoms with Crippen molar-refractivity contribution in [1.29, 1.82) is 0 Å². The Morgan fingerprint density at radius 3 is 2.58 bits per heavy atom. The van der Waals surface area contributed by atoms with Gasteiger partial charge in [-0.2, -0.15) is 4.98 Å². The van der Waals surface area contributed by atoms with Gasteiger partial charge in [-0.3, -0.25) is 4.98 Å². The molecular formula is C23H30N6O3S. The van der Waals surface area contributed by atoms with Crippen molar-refractivity contribution >= 4 is 33.3 Å². The van der Waals surface area contributed by atoms with Gasteiger partial charge in [0.1, 0.15) is 22.4 Å². The summed E-state index contributed by atoms with van der Waals surface area (Å²) in [5.74, 6) is 0.974. The Morgan fingerprint density at radius 2 is 1.91 bits per heavy atom. The zero-order valence-corrected chi connectivity index (χ0v) is 19.8. The first kappa shape index (κ1) is 22.4. The number of rotatable bonds is 7. The third-order valence-corrected chi connectivity index (χ3v) is 7.49. The second kappa shape index (κ2) is 8.75. The molecule has 33 heavy (non-hydrogen) atoms. The van der Waals surface area contributed by atoms with Crippen LogP contribution < -0.4 is 10.6 Å². The van der Waals surface area contributed by atoms with Crippen molar-refractivity contribution in [2.24, 2.45) is 5.92 Å². The highest BCUT2D eigenvalue weighted by Crippen LogP contribution is 2.39. The predicted molar refractivity (Wildman–Crippen MR) is 129 cm³/mol. The number of aliphatic hydroxyl groups excluding tert-OH is 3. The van der Waals surface area contributed by atoms with E-state index in [2.05, 4.69) is 29.5 Å². The van der Waals surface area contributed by atoms with Crippen LogP contribution in [0.25, 0.3) is 20.8 Å². The van der Waals surface area contributed by atoms with E-state index in [1.165, 1.54) is 0 Å². The Hall–Kier alpha value is -2.40. The van der Waals surface area contributed by atoms with E-state index < -0.39 is 18.2 Å². The Morgan fingerprint density at radius 1 is 1.12 bits per heavy atom.